The van der Waals surface area contributed by atoms with Gasteiger partial charge in [-0.05, 0) is 58.2 Å². The Morgan fingerprint density at radius 3 is 2.32 bits per heavy atom. The van der Waals surface area contributed by atoms with E-state index in [1.807, 2.05) is 33.8 Å². The molecule has 3 N–H and O–H groups in total. The van der Waals surface area contributed by atoms with Gasteiger partial charge in [-0.15, -0.1) is 0 Å². The minimum Gasteiger partial charge on any atom is -0.444 e. The normalized spacial score (nSPS) is 15.2. The fourth-order valence-electron chi connectivity index (χ4n) is 3.79. The molecule has 1 aromatic carbocycles. The molecule has 0 saturated carbocycles. The number of amidine groups is 1. The number of carbonyl (C=O) groups is 3. The monoisotopic (exact) mass is 569 g/mol. The van der Waals surface area contributed by atoms with Crippen LogP contribution in [0.4, 0.5) is 10.5 Å². The van der Waals surface area contributed by atoms with Crippen LogP contribution in [0, 0.1) is 5.92 Å². The van der Waals surface area contributed by atoms with Gasteiger partial charge >= 0.3 is 6.09 Å². The highest BCUT2D eigenvalue weighted by molar-refractivity contribution is 6.42. The maximum atomic E-state index is 12.4. The molecule has 0 aromatic heterocycles. The van der Waals surface area contributed by atoms with E-state index in [0.717, 1.165) is 37.8 Å². The Morgan fingerprint density at radius 1 is 0.947 bits per heavy atom. The first-order chi connectivity index (χ1) is 17.9. The third kappa shape index (κ3) is 12.3. The number of unbranched alkanes of at least 4 members (excludes halogenated alkanes) is 4. The molecule has 1 unspecified atom stereocenters. The molecule has 1 aliphatic rings. The molecule has 1 aliphatic heterocycles. The molecule has 2 rings (SSSR count). The highest BCUT2D eigenvalue weighted by Crippen LogP contribution is 2.29. The van der Waals surface area contributed by atoms with E-state index in [9.17, 15) is 14.4 Å². The first-order valence-electron chi connectivity index (χ1n) is 13.3. The number of nitrogens with zero attached hydrogens (tertiary/aromatic N) is 2. The number of carbonyl (C=O) groups excluding carboxylic acids is 3. The number of anilines is 1. The van der Waals surface area contributed by atoms with Crippen molar-refractivity contribution in [2.75, 3.05) is 24.6 Å². The lowest BCUT2D eigenvalue weighted by atomic mass is 10.1. The molecule has 9 nitrogen and oxygen atoms in total. The van der Waals surface area contributed by atoms with Crippen molar-refractivity contribution in [2.45, 2.75) is 84.7 Å². The fraction of sp³-hybridized carbons (Fsp3) is 0.630. The van der Waals surface area contributed by atoms with Crippen LogP contribution in [-0.2, 0) is 14.3 Å². The second kappa shape index (κ2) is 15.8. The van der Waals surface area contributed by atoms with Crippen LogP contribution in [0.25, 0.3) is 0 Å². The van der Waals surface area contributed by atoms with Crippen LogP contribution in [0.15, 0.2) is 23.3 Å². The number of hydrazone groups is 1. The number of nitrogens with one attached hydrogen (secondary N) is 3. The smallest absolute Gasteiger partial charge is 0.407 e. The molecule has 0 radical (unpaired) electrons. The van der Waals surface area contributed by atoms with Gasteiger partial charge in [0.05, 0.1) is 22.3 Å². The van der Waals surface area contributed by atoms with Gasteiger partial charge in [-0.2, -0.15) is 5.10 Å². The van der Waals surface area contributed by atoms with Crippen molar-refractivity contribution in [1.29, 1.82) is 0 Å². The van der Waals surface area contributed by atoms with Crippen molar-refractivity contribution in [1.82, 2.24) is 16.0 Å². The zero-order chi connectivity index (χ0) is 28.1. The van der Waals surface area contributed by atoms with E-state index in [0.29, 0.717) is 54.8 Å². The topological polar surface area (TPSA) is 112 Å². The van der Waals surface area contributed by atoms with E-state index in [1.165, 1.54) is 0 Å². The molecule has 0 bridgehead atoms. The summed E-state index contributed by atoms with van der Waals surface area (Å²) in [6.07, 6.45) is 5.60. The molecule has 0 fully saturated rings. The Morgan fingerprint density at radius 2 is 1.61 bits per heavy atom. The van der Waals surface area contributed by atoms with E-state index in [-0.39, 0.29) is 23.8 Å². The van der Waals surface area contributed by atoms with Crippen LogP contribution >= 0.6 is 23.2 Å². The van der Waals surface area contributed by atoms with Gasteiger partial charge in [0.1, 0.15) is 11.4 Å². The first kappa shape index (κ1) is 31.7. The van der Waals surface area contributed by atoms with Crippen molar-refractivity contribution in [2.24, 2.45) is 11.0 Å². The molecule has 1 heterocycles. The van der Waals surface area contributed by atoms with E-state index < -0.39 is 5.60 Å². The van der Waals surface area contributed by atoms with Crippen molar-refractivity contribution in [3.05, 3.63) is 28.2 Å². The van der Waals surface area contributed by atoms with Gasteiger partial charge in [-0.25, -0.2) is 4.79 Å². The van der Waals surface area contributed by atoms with Gasteiger partial charge in [0, 0.05) is 31.8 Å². The summed E-state index contributed by atoms with van der Waals surface area (Å²) >= 11 is 12.1. The van der Waals surface area contributed by atoms with Crippen molar-refractivity contribution >= 4 is 52.6 Å². The second-order valence-corrected chi connectivity index (χ2v) is 11.3. The molecule has 0 spiro atoms. The summed E-state index contributed by atoms with van der Waals surface area (Å²) in [5, 5.41) is 15.8. The van der Waals surface area contributed by atoms with Crippen LogP contribution in [0.1, 0.15) is 79.1 Å². The Balaban J connectivity index is 1.51. The maximum Gasteiger partial charge on any atom is 0.407 e. The summed E-state index contributed by atoms with van der Waals surface area (Å²) < 4.78 is 5.19. The zero-order valence-electron chi connectivity index (χ0n) is 22.9. The van der Waals surface area contributed by atoms with Crippen molar-refractivity contribution < 1.29 is 19.1 Å². The van der Waals surface area contributed by atoms with Gasteiger partial charge in [0.15, 0.2) is 0 Å². The van der Waals surface area contributed by atoms with Gasteiger partial charge < -0.3 is 20.7 Å². The third-order valence-corrected chi connectivity index (χ3v) is 6.50. The molecule has 3 amide bonds. The lowest BCUT2D eigenvalue weighted by Crippen LogP contribution is -2.34. The maximum absolute atomic E-state index is 12.4. The Labute approximate surface area is 236 Å². The van der Waals surface area contributed by atoms with Crippen molar-refractivity contribution in [3.63, 3.8) is 0 Å². The molecule has 212 valence electrons. The summed E-state index contributed by atoms with van der Waals surface area (Å²) in [6.45, 7) is 9.18. The minimum atomic E-state index is -0.488. The SMILES string of the molecule is CC1CN(c2ccc(Cl)c(Cl)c2)N=C1NC(=O)CCCNC(=O)CCCCCCCNC(=O)OC(C)(C)C. The Bertz CT molecular complexity index is 981. The van der Waals surface area contributed by atoms with Gasteiger partial charge in [0.2, 0.25) is 11.8 Å². The lowest BCUT2D eigenvalue weighted by Gasteiger charge is -2.19. The number of amides is 3. The predicted molar refractivity (Wildman–Crippen MR) is 153 cm³/mol. The number of hydrogen-bond donors (Lipinski definition) is 3. The number of alkyl carbamates (subject to hydrolysis) is 1. The number of rotatable bonds is 13. The Kier molecular flexibility index (Phi) is 13.2. The summed E-state index contributed by atoms with van der Waals surface area (Å²) in [7, 11) is 0. The molecular formula is C27H41Cl2N5O4. The van der Waals surface area contributed by atoms with Gasteiger partial charge in [0.25, 0.3) is 0 Å². The summed E-state index contributed by atoms with van der Waals surface area (Å²) in [5.41, 5.74) is 0.325. The third-order valence-electron chi connectivity index (χ3n) is 5.76. The average molecular weight is 571 g/mol. The summed E-state index contributed by atoms with van der Waals surface area (Å²) in [5.74, 6) is 0.560. The molecule has 0 saturated heterocycles. The highest BCUT2D eigenvalue weighted by atomic mass is 35.5. The first-order valence-corrected chi connectivity index (χ1v) is 14.0. The summed E-state index contributed by atoms with van der Waals surface area (Å²) in [6, 6.07) is 5.31. The largest absolute Gasteiger partial charge is 0.444 e. The highest BCUT2D eigenvalue weighted by Gasteiger charge is 2.25. The molecule has 1 atom stereocenters. The molecule has 11 heteroatoms. The van der Waals surface area contributed by atoms with E-state index in [1.54, 1.807) is 17.1 Å². The Hall–Kier alpha value is -2.52. The van der Waals surface area contributed by atoms with Crippen LogP contribution in [-0.4, -0.2) is 49.0 Å². The van der Waals surface area contributed by atoms with Crippen LogP contribution < -0.4 is 21.0 Å². The molecular weight excluding hydrogens is 529 g/mol. The number of halogens is 2. The fourth-order valence-corrected chi connectivity index (χ4v) is 4.08. The molecule has 0 aliphatic carbocycles. The van der Waals surface area contributed by atoms with Crippen LogP contribution in [0.5, 0.6) is 0 Å². The van der Waals surface area contributed by atoms with Gasteiger partial charge in [-0.1, -0.05) is 49.4 Å². The zero-order valence-corrected chi connectivity index (χ0v) is 24.4. The van der Waals surface area contributed by atoms with E-state index in [4.69, 9.17) is 27.9 Å². The number of benzene rings is 1. The summed E-state index contributed by atoms with van der Waals surface area (Å²) in [4.78, 5) is 36.0. The quantitative estimate of drug-likeness (QED) is 0.266. The predicted octanol–water partition coefficient (Wildman–Crippen LogP) is 5.64. The second-order valence-electron chi connectivity index (χ2n) is 10.5. The number of ether oxygens (including phenoxy) is 1. The van der Waals surface area contributed by atoms with Crippen LogP contribution in [0.2, 0.25) is 10.0 Å². The molecule has 1 aromatic rings. The van der Waals surface area contributed by atoms with E-state index in [2.05, 4.69) is 21.1 Å². The molecule has 38 heavy (non-hydrogen) atoms. The average Bonchev–Trinajstić information content (AvgIpc) is 3.19. The van der Waals surface area contributed by atoms with Gasteiger partial charge in [-0.3, -0.25) is 14.6 Å². The van der Waals surface area contributed by atoms with E-state index >= 15 is 0 Å². The standard InChI is InChI=1S/C27H41Cl2N5O4/c1-19-18-34(20-13-14-21(28)22(29)17-20)33-25(19)32-24(36)12-10-16-30-23(35)11-8-6-5-7-9-15-31-26(37)38-27(2,3)4/h13-14,17,19H,5-12,15-16,18H2,1-4H3,(H,30,35)(H,31,37)(H,32,33,36). The van der Waals surface area contributed by atoms with Crippen LogP contribution in [0.3, 0.4) is 0 Å². The van der Waals surface area contributed by atoms with Crippen molar-refractivity contribution in [3.8, 4) is 0 Å². The number of hydrogen-bond acceptors (Lipinski definition) is 6. The lowest BCUT2D eigenvalue weighted by molar-refractivity contribution is -0.122. The minimum absolute atomic E-state index is 0.00283.